The van der Waals surface area contributed by atoms with Crippen LogP contribution in [-0.2, 0) is 6.54 Å². The van der Waals surface area contributed by atoms with Crippen LogP contribution >= 0.6 is 0 Å². The number of alkyl halides is 3. The van der Waals surface area contributed by atoms with Gasteiger partial charge in [-0.05, 0) is 44.5 Å². The smallest absolute Gasteiger partial charge is 0.422 e. The van der Waals surface area contributed by atoms with E-state index in [1.165, 1.54) is 31.5 Å². The highest BCUT2D eigenvalue weighted by atomic mass is 19.4. The molecular formula is C18H28F3N5O. The molecule has 0 bridgehead atoms. The van der Waals surface area contributed by atoms with Crippen molar-refractivity contribution in [1.82, 2.24) is 20.5 Å². The molecule has 0 amide bonds. The number of aromatic nitrogens is 1. The van der Waals surface area contributed by atoms with Crippen LogP contribution < -0.4 is 15.4 Å². The highest BCUT2D eigenvalue weighted by Gasteiger charge is 2.28. The van der Waals surface area contributed by atoms with E-state index >= 15 is 0 Å². The average Bonchev–Trinajstić information content (AvgIpc) is 2.65. The van der Waals surface area contributed by atoms with E-state index in [1.807, 2.05) is 6.92 Å². The zero-order chi connectivity index (χ0) is 19.5. The molecule has 152 valence electrons. The second kappa shape index (κ2) is 11.0. The molecule has 0 unspecified atom stereocenters. The summed E-state index contributed by atoms with van der Waals surface area (Å²) in [6, 6.07) is 3.19. The van der Waals surface area contributed by atoms with E-state index in [9.17, 15) is 13.2 Å². The SMILES string of the molecule is CCNC(=NCc1ccnc(OCC(F)(F)F)c1)NCCN1CCCCC1. The minimum absolute atomic E-state index is 0.0527. The molecule has 1 aromatic rings. The number of likely N-dealkylation sites (tertiary alicyclic amines) is 1. The third-order valence-corrected chi connectivity index (χ3v) is 4.12. The molecule has 2 rings (SSSR count). The number of ether oxygens (including phenoxy) is 1. The van der Waals surface area contributed by atoms with Crippen molar-refractivity contribution in [2.75, 3.05) is 39.3 Å². The number of piperidine rings is 1. The molecule has 1 aliphatic rings. The maximum atomic E-state index is 12.2. The molecule has 0 spiro atoms. The molecule has 27 heavy (non-hydrogen) atoms. The number of hydrogen-bond acceptors (Lipinski definition) is 4. The lowest BCUT2D eigenvalue weighted by Gasteiger charge is -2.26. The van der Waals surface area contributed by atoms with Crippen molar-refractivity contribution in [3.05, 3.63) is 23.9 Å². The minimum Gasteiger partial charge on any atom is -0.468 e. The largest absolute Gasteiger partial charge is 0.468 e. The van der Waals surface area contributed by atoms with Crippen LogP contribution in [0.25, 0.3) is 0 Å². The van der Waals surface area contributed by atoms with Gasteiger partial charge in [-0.25, -0.2) is 9.98 Å². The molecule has 1 saturated heterocycles. The minimum atomic E-state index is -4.38. The van der Waals surface area contributed by atoms with Gasteiger partial charge < -0.3 is 20.3 Å². The molecule has 1 aliphatic heterocycles. The van der Waals surface area contributed by atoms with E-state index in [1.54, 1.807) is 6.07 Å². The maximum Gasteiger partial charge on any atom is 0.422 e. The molecule has 1 fully saturated rings. The quantitative estimate of drug-likeness (QED) is 0.530. The molecule has 0 atom stereocenters. The maximum absolute atomic E-state index is 12.2. The Morgan fingerprint density at radius 3 is 2.74 bits per heavy atom. The number of pyridine rings is 1. The summed E-state index contributed by atoms with van der Waals surface area (Å²) in [5, 5.41) is 6.47. The summed E-state index contributed by atoms with van der Waals surface area (Å²) < 4.78 is 41.4. The molecule has 0 aromatic carbocycles. The monoisotopic (exact) mass is 387 g/mol. The average molecular weight is 387 g/mol. The van der Waals surface area contributed by atoms with Gasteiger partial charge in [0.1, 0.15) is 0 Å². The predicted molar refractivity (Wildman–Crippen MR) is 98.9 cm³/mol. The van der Waals surface area contributed by atoms with Gasteiger partial charge in [0.2, 0.25) is 5.88 Å². The van der Waals surface area contributed by atoms with E-state index in [0.29, 0.717) is 12.5 Å². The Morgan fingerprint density at radius 2 is 2.04 bits per heavy atom. The summed E-state index contributed by atoms with van der Waals surface area (Å²) in [7, 11) is 0. The fraction of sp³-hybridized carbons (Fsp3) is 0.667. The van der Waals surface area contributed by atoms with E-state index in [4.69, 9.17) is 0 Å². The Bertz CT molecular complexity index is 589. The summed E-state index contributed by atoms with van der Waals surface area (Å²) in [5.74, 6) is 0.632. The van der Waals surface area contributed by atoms with E-state index < -0.39 is 12.8 Å². The lowest BCUT2D eigenvalue weighted by atomic mass is 10.1. The van der Waals surface area contributed by atoms with Crippen molar-refractivity contribution in [2.24, 2.45) is 4.99 Å². The Balaban J connectivity index is 1.83. The molecule has 6 nitrogen and oxygen atoms in total. The predicted octanol–water partition coefficient (Wildman–Crippen LogP) is 2.56. The number of guanidine groups is 1. The molecule has 0 aliphatic carbocycles. The van der Waals surface area contributed by atoms with Gasteiger partial charge in [0, 0.05) is 31.9 Å². The summed E-state index contributed by atoms with van der Waals surface area (Å²) in [4.78, 5) is 10.7. The standard InChI is InChI=1S/C18H28F3N5O/c1-2-22-17(24-8-11-26-9-4-3-5-10-26)25-13-15-6-7-23-16(12-15)27-14-18(19,20)21/h6-7,12H,2-5,8-11,13-14H2,1H3,(H2,22,24,25). The van der Waals surface area contributed by atoms with Crippen LogP contribution in [0.3, 0.4) is 0 Å². The van der Waals surface area contributed by atoms with E-state index in [-0.39, 0.29) is 5.88 Å². The lowest BCUT2D eigenvalue weighted by molar-refractivity contribution is -0.154. The highest BCUT2D eigenvalue weighted by Crippen LogP contribution is 2.17. The Morgan fingerprint density at radius 1 is 1.26 bits per heavy atom. The Labute approximate surface area is 158 Å². The van der Waals surface area contributed by atoms with Gasteiger partial charge in [-0.2, -0.15) is 13.2 Å². The van der Waals surface area contributed by atoms with Crippen molar-refractivity contribution in [3.8, 4) is 5.88 Å². The summed E-state index contributed by atoms with van der Waals surface area (Å²) >= 11 is 0. The van der Waals surface area contributed by atoms with Gasteiger partial charge in [-0.3, -0.25) is 0 Å². The van der Waals surface area contributed by atoms with Gasteiger partial charge in [0.15, 0.2) is 12.6 Å². The molecular weight excluding hydrogens is 359 g/mol. The number of nitrogens with one attached hydrogen (secondary N) is 2. The first-order chi connectivity index (χ1) is 13.0. The molecule has 9 heteroatoms. The van der Waals surface area contributed by atoms with Crippen molar-refractivity contribution >= 4 is 5.96 Å². The first kappa shape index (κ1) is 21.3. The van der Waals surface area contributed by atoms with Gasteiger partial charge in [0.25, 0.3) is 0 Å². The van der Waals surface area contributed by atoms with E-state index in [2.05, 4.69) is 30.2 Å². The number of nitrogens with zero attached hydrogens (tertiary/aromatic N) is 3. The van der Waals surface area contributed by atoms with Gasteiger partial charge >= 0.3 is 6.18 Å². The van der Waals surface area contributed by atoms with Gasteiger partial charge in [-0.15, -0.1) is 0 Å². The number of halogens is 3. The first-order valence-corrected chi connectivity index (χ1v) is 9.35. The van der Waals surface area contributed by atoms with Crippen molar-refractivity contribution in [1.29, 1.82) is 0 Å². The van der Waals surface area contributed by atoms with Crippen LogP contribution in [-0.4, -0.2) is 61.4 Å². The van der Waals surface area contributed by atoms with Crippen LogP contribution in [0.5, 0.6) is 5.88 Å². The zero-order valence-corrected chi connectivity index (χ0v) is 15.7. The van der Waals surface area contributed by atoms with Crippen LogP contribution in [0.2, 0.25) is 0 Å². The normalized spacial score (nSPS) is 16.2. The Kier molecular flexibility index (Phi) is 8.63. The van der Waals surface area contributed by atoms with Crippen molar-refractivity contribution < 1.29 is 17.9 Å². The van der Waals surface area contributed by atoms with Gasteiger partial charge in [0.05, 0.1) is 6.54 Å². The molecule has 2 N–H and O–H groups in total. The van der Waals surface area contributed by atoms with Crippen LogP contribution in [0, 0.1) is 0 Å². The Hall–Kier alpha value is -2.03. The highest BCUT2D eigenvalue weighted by molar-refractivity contribution is 5.79. The first-order valence-electron chi connectivity index (χ1n) is 9.35. The number of aliphatic imine (C=N–C) groups is 1. The zero-order valence-electron chi connectivity index (χ0n) is 15.7. The van der Waals surface area contributed by atoms with Crippen LogP contribution in [0.15, 0.2) is 23.3 Å². The van der Waals surface area contributed by atoms with Gasteiger partial charge in [-0.1, -0.05) is 6.42 Å². The fourth-order valence-corrected chi connectivity index (χ4v) is 2.81. The second-order valence-corrected chi connectivity index (χ2v) is 6.43. The van der Waals surface area contributed by atoms with Crippen molar-refractivity contribution in [2.45, 2.75) is 38.9 Å². The second-order valence-electron chi connectivity index (χ2n) is 6.43. The van der Waals surface area contributed by atoms with E-state index in [0.717, 1.165) is 38.3 Å². The molecule has 1 aromatic heterocycles. The number of rotatable bonds is 8. The number of hydrogen-bond donors (Lipinski definition) is 2. The molecule has 0 saturated carbocycles. The summed E-state index contributed by atoms with van der Waals surface area (Å²) in [6.45, 7) is 5.73. The topological polar surface area (TPSA) is 61.8 Å². The summed E-state index contributed by atoms with van der Waals surface area (Å²) in [5.41, 5.74) is 0.732. The molecule has 2 heterocycles. The fourth-order valence-electron chi connectivity index (χ4n) is 2.81. The molecule has 0 radical (unpaired) electrons. The van der Waals surface area contributed by atoms with Crippen LogP contribution in [0.1, 0.15) is 31.7 Å². The summed E-state index contributed by atoms with van der Waals surface area (Å²) in [6.07, 6.45) is 0.873. The lowest BCUT2D eigenvalue weighted by Crippen LogP contribution is -2.42. The third-order valence-electron chi connectivity index (χ3n) is 4.12. The van der Waals surface area contributed by atoms with Crippen molar-refractivity contribution in [3.63, 3.8) is 0 Å². The van der Waals surface area contributed by atoms with Crippen LogP contribution in [0.4, 0.5) is 13.2 Å². The third kappa shape index (κ3) is 8.94.